The number of nitrogens with zero attached hydrogens (tertiary/aromatic N) is 1. The lowest BCUT2D eigenvalue weighted by atomic mass is 9.86. The number of hydroxylamine groups is 2. The van der Waals surface area contributed by atoms with Crippen molar-refractivity contribution in [1.29, 1.82) is 0 Å². The molecule has 2 aliphatic heterocycles. The van der Waals surface area contributed by atoms with Crippen LogP contribution in [0.3, 0.4) is 0 Å². The number of nitrogens with one attached hydrogen (secondary N) is 1. The van der Waals surface area contributed by atoms with Crippen LogP contribution in [0.15, 0.2) is 0 Å². The number of carbonyl (C=O) groups is 1. The van der Waals surface area contributed by atoms with Gasteiger partial charge in [0.25, 0.3) is 0 Å². The van der Waals surface area contributed by atoms with Gasteiger partial charge >= 0.3 is 5.97 Å². The molecule has 1 N–H and O–H groups in total. The van der Waals surface area contributed by atoms with E-state index in [0.29, 0.717) is 12.8 Å². The van der Waals surface area contributed by atoms with Crippen LogP contribution in [0.5, 0.6) is 0 Å². The predicted octanol–water partition coefficient (Wildman–Crippen LogP) is 1.29. The first kappa shape index (κ1) is 13.8. The molecule has 2 saturated heterocycles. The number of carbonyl (C=O) groups excluding carboxylic acids is 1. The molecule has 0 saturated carbocycles. The Labute approximate surface area is 109 Å². The van der Waals surface area contributed by atoms with Gasteiger partial charge in [-0.15, -0.1) is 5.06 Å². The summed E-state index contributed by atoms with van der Waals surface area (Å²) in [7, 11) is 0. The maximum Gasteiger partial charge on any atom is 0.330 e. The summed E-state index contributed by atoms with van der Waals surface area (Å²) in [4.78, 5) is 17.2. The number of ether oxygens (including phenoxy) is 1. The van der Waals surface area contributed by atoms with Gasteiger partial charge in [-0.2, -0.15) is 0 Å². The van der Waals surface area contributed by atoms with Crippen molar-refractivity contribution in [3.63, 3.8) is 0 Å². The number of piperidine rings is 1. The van der Waals surface area contributed by atoms with Crippen LogP contribution in [0.4, 0.5) is 0 Å². The number of rotatable bonds is 1. The van der Waals surface area contributed by atoms with Crippen LogP contribution in [-0.2, 0) is 14.4 Å². The monoisotopic (exact) mass is 256 g/mol. The molecule has 2 aliphatic rings. The fourth-order valence-corrected chi connectivity index (χ4v) is 2.41. The van der Waals surface area contributed by atoms with Crippen molar-refractivity contribution >= 4 is 5.97 Å². The Morgan fingerprint density at radius 3 is 2.44 bits per heavy atom. The summed E-state index contributed by atoms with van der Waals surface area (Å²) in [5.41, 5.74) is -0.515. The van der Waals surface area contributed by atoms with Crippen LogP contribution in [0, 0.1) is 5.41 Å². The van der Waals surface area contributed by atoms with Gasteiger partial charge in [-0.05, 0) is 40.5 Å². The van der Waals surface area contributed by atoms with Gasteiger partial charge in [-0.25, -0.2) is 4.79 Å². The van der Waals surface area contributed by atoms with Crippen LogP contribution in [0.2, 0.25) is 0 Å². The van der Waals surface area contributed by atoms with E-state index in [0.717, 1.165) is 25.9 Å². The smallest absolute Gasteiger partial charge is 0.330 e. The first-order valence-electron chi connectivity index (χ1n) is 6.68. The van der Waals surface area contributed by atoms with Gasteiger partial charge in [0, 0.05) is 19.1 Å². The minimum atomic E-state index is -0.451. The lowest BCUT2D eigenvalue weighted by molar-refractivity contribution is -0.215. The van der Waals surface area contributed by atoms with Gasteiger partial charge in [0.1, 0.15) is 0 Å². The van der Waals surface area contributed by atoms with Crippen molar-refractivity contribution < 1.29 is 14.4 Å². The highest BCUT2D eigenvalue weighted by Crippen LogP contribution is 2.33. The summed E-state index contributed by atoms with van der Waals surface area (Å²) in [6.07, 6.45) is 1.80. The standard InChI is InChI=1S/C13H24N2O3/c1-10-13(17-9-14-10)5-7-15(8-6-13)18-11(16)12(2,3)4/h10,14H,5-9H2,1-4H3. The molecule has 0 aromatic rings. The maximum absolute atomic E-state index is 11.8. The van der Waals surface area contributed by atoms with Gasteiger partial charge in [0.15, 0.2) is 0 Å². The zero-order valence-electron chi connectivity index (χ0n) is 11.8. The predicted molar refractivity (Wildman–Crippen MR) is 67.6 cm³/mol. The highest BCUT2D eigenvalue weighted by atomic mass is 16.7. The Hall–Kier alpha value is -0.650. The van der Waals surface area contributed by atoms with E-state index in [-0.39, 0.29) is 11.6 Å². The first-order chi connectivity index (χ1) is 8.33. The molecule has 18 heavy (non-hydrogen) atoms. The lowest BCUT2D eigenvalue weighted by Crippen LogP contribution is -2.51. The molecule has 0 aliphatic carbocycles. The van der Waals surface area contributed by atoms with Crippen molar-refractivity contribution in [2.75, 3.05) is 19.8 Å². The van der Waals surface area contributed by atoms with Crippen molar-refractivity contribution in [3.8, 4) is 0 Å². The van der Waals surface area contributed by atoms with E-state index >= 15 is 0 Å². The molecule has 2 rings (SSSR count). The third-order valence-corrected chi connectivity index (χ3v) is 3.93. The van der Waals surface area contributed by atoms with E-state index in [9.17, 15) is 4.79 Å². The van der Waals surface area contributed by atoms with E-state index in [2.05, 4.69) is 12.2 Å². The van der Waals surface area contributed by atoms with Gasteiger partial charge in [0.2, 0.25) is 0 Å². The van der Waals surface area contributed by atoms with E-state index in [1.54, 1.807) is 5.06 Å². The zero-order valence-corrected chi connectivity index (χ0v) is 11.8. The molecule has 104 valence electrons. The Kier molecular flexibility index (Phi) is 3.67. The Bertz CT molecular complexity index is 317. The van der Waals surface area contributed by atoms with E-state index in [4.69, 9.17) is 9.57 Å². The van der Waals surface area contributed by atoms with E-state index < -0.39 is 5.41 Å². The summed E-state index contributed by atoms with van der Waals surface area (Å²) < 4.78 is 5.84. The molecule has 5 heteroatoms. The molecule has 1 unspecified atom stereocenters. The minimum absolute atomic E-state index is 0.0648. The second-order valence-corrected chi connectivity index (χ2v) is 6.34. The fourth-order valence-electron chi connectivity index (χ4n) is 2.41. The molecular weight excluding hydrogens is 232 g/mol. The second-order valence-electron chi connectivity index (χ2n) is 6.34. The third-order valence-electron chi connectivity index (χ3n) is 3.93. The van der Waals surface area contributed by atoms with Crippen LogP contribution in [0.25, 0.3) is 0 Å². The van der Waals surface area contributed by atoms with Crippen molar-refractivity contribution in [2.24, 2.45) is 5.41 Å². The highest BCUT2D eigenvalue weighted by molar-refractivity contribution is 5.75. The largest absolute Gasteiger partial charge is 0.367 e. The van der Waals surface area contributed by atoms with Gasteiger partial charge in [-0.1, -0.05) is 0 Å². The summed E-state index contributed by atoms with van der Waals surface area (Å²) in [6, 6.07) is 0.373. The topological polar surface area (TPSA) is 50.8 Å². The molecule has 0 amide bonds. The Morgan fingerprint density at radius 1 is 1.39 bits per heavy atom. The molecule has 2 heterocycles. The third kappa shape index (κ3) is 2.68. The van der Waals surface area contributed by atoms with Gasteiger partial charge < -0.3 is 9.57 Å². The van der Waals surface area contributed by atoms with Crippen LogP contribution >= 0.6 is 0 Å². The van der Waals surface area contributed by atoms with Crippen LogP contribution < -0.4 is 5.32 Å². The zero-order chi connectivity index (χ0) is 13.4. The van der Waals surface area contributed by atoms with Crippen molar-refractivity contribution in [3.05, 3.63) is 0 Å². The van der Waals surface area contributed by atoms with Crippen molar-refractivity contribution in [2.45, 2.75) is 52.2 Å². The average Bonchev–Trinajstić information content (AvgIpc) is 2.63. The summed E-state index contributed by atoms with van der Waals surface area (Å²) in [5.74, 6) is -0.169. The number of hydrogen-bond acceptors (Lipinski definition) is 5. The van der Waals surface area contributed by atoms with Crippen molar-refractivity contribution in [1.82, 2.24) is 10.4 Å². The normalized spacial score (nSPS) is 28.6. The lowest BCUT2D eigenvalue weighted by Gasteiger charge is -2.40. The summed E-state index contributed by atoms with van der Waals surface area (Å²) in [5, 5.41) is 5.08. The second kappa shape index (κ2) is 4.79. The molecule has 5 nitrogen and oxygen atoms in total. The van der Waals surface area contributed by atoms with Gasteiger partial charge in [0.05, 0.1) is 17.7 Å². The van der Waals surface area contributed by atoms with E-state index in [1.165, 1.54) is 0 Å². The first-order valence-corrected chi connectivity index (χ1v) is 6.68. The van der Waals surface area contributed by atoms with Crippen LogP contribution in [-0.4, -0.2) is 42.5 Å². The maximum atomic E-state index is 11.8. The van der Waals surface area contributed by atoms with Gasteiger partial charge in [-0.3, -0.25) is 5.32 Å². The molecular formula is C13H24N2O3. The molecule has 0 aromatic carbocycles. The minimum Gasteiger partial charge on any atom is -0.367 e. The quantitative estimate of drug-likeness (QED) is 0.766. The fraction of sp³-hybridized carbons (Fsp3) is 0.923. The molecule has 0 radical (unpaired) electrons. The number of hydrogen-bond donors (Lipinski definition) is 1. The van der Waals surface area contributed by atoms with Crippen LogP contribution in [0.1, 0.15) is 40.5 Å². The summed E-state index contributed by atoms with van der Waals surface area (Å²) >= 11 is 0. The molecule has 2 fully saturated rings. The molecule has 0 bridgehead atoms. The highest BCUT2D eigenvalue weighted by Gasteiger charge is 2.44. The Morgan fingerprint density at radius 2 is 2.00 bits per heavy atom. The van der Waals surface area contributed by atoms with E-state index in [1.807, 2.05) is 20.8 Å². The molecule has 1 spiro atoms. The SMILES string of the molecule is CC1NCOC12CCN(OC(=O)C(C)(C)C)CC2. The average molecular weight is 256 g/mol. The molecule has 1 atom stereocenters. The summed E-state index contributed by atoms with van der Waals surface area (Å²) in [6.45, 7) is 9.88. The Balaban J connectivity index is 1.86. The molecule has 0 aromatic heterocycles.